The van der Waals surface area contributed by atoms with Gasteiger partial charge in [0.2, 0.25) is 0 Å². The van der Waals surface area contributed by atoms with Crippen LogP contribution in [-0.2, 0) is 0 Å². The Labute approximate surface area is 90.1 Å². The monoisotopic (exact) mass is 223 g/mol. The van der Waals surface area contributed by atoms with Crippen LogP contribution < -0.4 is 10.1 Å². The maximum Gasteiger partial charge on any atom is 0.269 e. The Bertz CT molecular complexity index is 450. The van der Waals surface area contributed by atoms with Crippen LogP contribution in [0.2, 0.25) is 0 Å². The van der Waals surface area contributed by atoms with Gasteiger partial charge in [0.15, 0.2) is 0 Å². The van der Waals surface area contributed by atoms with Crippen molar-refractivity contribution in [2.75, 3.05) is 12.4 Å². The van der Waals surface area contributed by atoms with Gasteiger partial charge in [0.25, 0.3) is 5.91 Å². The molecule has 2 aromatic rings. The van der Waals surface area contributed by atoms with Gasteiger partial charge in [-0.1, -0.05) is 0 Å². The minimum Gasteiger partial charge on any atom is -0.495 e. The summed E-state index contributed by atoms with van der Waals surface area (Å²) in [6.07, 6.45) is 3.15. The number of nitrogens with one attached hydrogen (secondary N) is 2. The van der Waals surface area contributed by atoms with Gasteiger partial charge in [-0.15, -0.1) is 11.3 Å². The normalized spacial score (nSPS) is 9.93. The standard InChI is InChI=1S/C9H9N3O2S/c1-14-7-2-3-15-8(7)9(13)12-6-4-10-11-5-6/h2-5H,1H3,(H,10,11)(H,12,13). The molecule has 0 aliphatic carbocycles. The predicted molar refractivity (Wildman–Crippen MR) is 57.4 cm³/mol. The molecule has 0 saturated heterocycles. The smallest absolute Gasteiger partial charge is 0.269 e. The zero-order valence-corrected chi connectivity index (χ0v) is 8.80. The van der Waals surface area contributed by atoms with Crippen LogP contribution in [-0.4, -0.2) is 23.2 Å². The second-order valence-electron chi connectivity index (χ2n) is 2.76. The van der Waals surface area contributed by atoms with Crippen molar-refractivity contribution in [3.63, 3.8) is 0 Å². The van der Waals surface area contributed by atoms with Gasteiger partial charge in [-0.05, 0) is 11.4 Å². The zero-order chi connectivity index (χ0) is 10.7. The number of H-pyrrole nitrogens is 1. The average Bonchev–Trinajstić information content (AvgIpc) is 2.86. The number of hydrogen-bond acceptors (Lipinski definition) is 4. The lowest BCUT2D eigenvalue weighted by molar-refractivity contribution is 0.102. The molecule has 15 heavy (non-hydrogen) atoms. The molecule has 0 aliphatic rings. The molecular formula is C9H9N3O2S. The van der Waals surface area contributed by atoms with Crippen molar-refractivity contribution >= 4 is 22.9 Å². The fourth-order valence-corrected chi connectivity index (χ4v) is 1.88. The number of carbonyl (C=O) groups excluding carboxylic acids is 1. The molecule has 0 fully saturated rings. The third-order valence-corrected chi connectivity index (χ3v) is 2.71. The van der Waals surface area contributed by atoms with Gasteiger partial charge >= 0.3 is 0 Å². The van der Waals surface area contributed by atoms with Gasteiger partial charge in [0.05, 0.1) is 19.0 Å². The Morgan fingerprint density at radius 3 is 3.20 bits per heavy atom. The van der Waals surface area contributed by atoms with E-state index in [1.807, 2.05) is 5.38 Å². The van der Waals surface area contributed by atoms with E-state index in [4.69, 9.17) is 4.74 Å². The Morgan fingerprint density at radius 2 is 2.53 bits per heavy atom. The highest BCUT2D eigenvalue weighted by Crippen LogP contribution is 2.25. The van der Waals surface area contributed by atoms with E-state index < -0.39 is 0 Å². The molecule has 0 spiro atoms. The number of rotatable bonds is 3. The minimum atomic E-state index is -0.191. The van der Waals surface area contributed by atoms with Gasteiger partial charge in [-0.3, -0.25) is 9.89 Å². The maximum absolute atomic E-state index is 11.7. The quantitative estimate of drug-likeness (QED) is 0.832. The molecule has 6 heteroatoms. The van der Waals surface area contributed by atoms with E-state index in [1.165, 1.54) is 24.6 Å². The average molecular weight is 223 g/mol. The first-order valence-electron chi connectivity index (χ1n) is 4.23. The molecular weight excluding hydrogens is 214 g/mol. The summed E-state index contributed by atoms with van der Waals surface area (Å²) in [5.41, 5.74) is 0.635. The van der Waals surface area contributed by atoms with Crippen LogP contribution >= 0.6 is 11.3 Å². The van der Waals surface area contributed by atoms with E-state index in [1.54, 1.807) is 12.3 Å². The molecule has 2 rings (SSSR count). The highest BCUT2D eigenvalue weighted by molar-refractivity contribution is 7.12. The minimum absolute atomic E-state index is 0.191. The maximum atomic E-state index is 11.7. The van der Waals surface area contributed by atoms with Crippen LogP contribution in [0.5, 0.6) is 5.75 Å². The molecule has 0 radical (unpaired) electrons. The van der Waals surface area contributed by atoms with E-state index in [0.29, 0.717) is 16.3 Å². The van der Waals surface area contributed by atoms with Crippen molar-refractivity contribution in [3.05, 3.63) is 28.7 Å². The van der Waals surface area contributed by atoms with Gasteiger partial charge in [-0.2, -0.15) is 5.10 Å². The summed E-state index contributed by atoms with van der Waals surface area (Å²) >= 11 is 1.34. The molecule has 0 unspecified atom stereocenters. The topological polar surface area (TPSA) is 67.0 Å². The van der Waals surface area contributed by atoms with E-state index in [-0.39, 0.29) is 5.91 Å². The van der Waals surface area contributed by atoms with Crippen LogP contribution in [0.15, 0.2) is 23.8 Å². The van der Waals surface area contributed by atoms with Crippen LogP contribution in [0.4, 0.5) is 5.69 Å². The number of methoxy groups -OCH3 is 1. The number of hydrogen-bond donors (Lipinski definition) is 2. The van der Waals surface area contributed by atoms with Crippen molar-refractivity contribution < 1.29 is 9.53 Å². The Morgan fingerprint density at radius 1 is 1.67 bits per heavy atom. The summed E-state index contributed by atoms with van der Waals surface area (Å²) in [7, 11) is 1.54. The molecule has 2 aromatic heterocycles. The lowest BCUT2D eigenvalue weighted by Crippen LogP contribution is -2.10. The molecule has 0 atom stereocenters. The second-order valence-corrected chi connectivity index (χ2v) is 3.68. The van der Waals surface area contributed by atoms with Gasteiger partial charge in [0.1, 0.15) is 10.6 Å². The van der Waals surface area contributed by atoms with Crippen molar-refractivity contribution in [2.45, 2.75) is 0 Å². The number of amides is 1. The number of nitrogens with zero attached hydrogens (tertiary/aromatic N) is 1. The first-order chi connectivity index (χ1) is 7.31. The van der Waals surface area contributed by atoms with Crippen LogP contribution in [0.3, 0.4) is 0 Å². The molecule has 0 aromatic carbocycles. The van der Waals surface area contributed by atoms with Crippen LogP contribution in [0.1, 0.15) is 9.67 Å². The second kappa shape index (κ2) is 4.14. The number of anilines is 1. The van der Waals surface area contributed by atoms with E-state index in [2.05, 4.69) is 15.5 Å². The van der Waals surface area contributed by atoms with Gasteiger partial charge in [-0.25, -0.2) is 0 Å². The number of aromatic nitrogens is 2. The van der Waals surface area contributed by atoms with Crippen molar-refractivity contribution in [2.24, 2.45) is 0 Å². The lowest BCUT2D eigenvalue weighted by atomic mass is 10.4. The summed E-state index contributed by atoms with van der Waals surface area (Å²) in [5, 5.41) is 10.9. The molecule has 0 aliphatic heterocycles. The first-order valence-corrected chi connectivity index (χ1v) is 5.11. The summed E-state index contributed by atoms with van der Waals surface area (Å²) in [4.78, 5) is 12.3. The third kappa shape index (κ3) is 1.99. The molecule has 1 amide bonds. The summed E-state index contributed by atoms with van der Waals surface area (Å²) in [5.74, 6) is 0.393. The fourth-order valence-electron chi connectivity index (χ4n) is 1.13. The summed E-state index contributed by atoms with van der Waals surface area (Å²) in [6.45, 7) is 0. The largest absolute Gasteiger partial charge is 0.495 e. The molecule has 78 valence electrons. The molecule has 5 nitrogen and oxygen atoms in total. The SMILES string of the molecule is COc1ccsc1C(=O)Nc1cn[nH]c1. The van der Waals surface area contributed by atoms with E-state index in [9.17, 15) is 4.79 Å². The molecule has 2 N–H and O–H groups in total. The fraction of sp³-hybridized carbons (Fsp3) is 0.111. The zero-order valence-electron chi connectivity index (χ0n) is 7.98. The summed E-state index contributed by atoms with van der Waals surface area (Å²) < 4.78 is 5.05. The highest BCUT2D eigenvalue weighted by Gasteiger charge is 2.13. The number of aromatic amines is 1. The lowest BCUT2D eigenvalue weighted by Gasteiger charge is -2.02. The van der Waals surface area contributed by atoms with Crippen molar-refractivity contribution in [3.8, 4) is 5.75 Å². The van der Waals surface area contributed by atoms with Gasteiger partial charge in [0, 0.05) is 6.20 Å². The van der Waals surface area contributed by atoms with E-state index >= 15 is 0 Å². The number of ether oxygens (including phenoxy) is 1. The number of carbonyl (C=O) groups is 1. The Balaban J connectivity index is 2.15. The number of thiophene rings is 1. The summed E-state index contributed by atoms with van der Waals surface area (Å²) in [6, 6.07) is 1.76. The molecule has 0 bridgehead atoms. The van der Waals surface area contributed by atoms with Crippen molar-refractivity contribution in [1.29, 1.82) is 0 Å². The molecule has 0 saturated carbocycles. The van der Waals surface area contributed by atoms with Crippen LogP contribution in [0.25, 0.3) is 0 Å². The molecule has 2 heterocycles. The van der Waals surface area contributed by atoms with Gasteiger partial charge < -0.3 is 10.1 Å². The first kappa shape index (κ1) is 9.72. The van der Waals surface area contributed by atoms with E-state index in [0.717, 1.165) is 0 Å². The Kier molecular flexibility index (Phi) is 2.68. The van der Waals surface area contributed by atoms with Crippen molar-refractivity contribution in [1.82, 2.24) is 10.2 Å². The van der Waals surface area contributed by atoms with Crippen LogP contribution in [0, 0.1) is 0 Å². The third-order valence-electron chi connectivity index (χ3n) is 1.81. The highest BCUT2D eigenvalue weighted by atomic mass is 32.1. The Hall–Kier alpha value is -1.82. The predicted octanol–water partition coefficient (Wildman–Crippen LogP) is 1.73.